The van der Waals surface area contributed by atoms with Crippen molar-refractivity contribution in [2.24, 2.45) is 5.92 Å². The number of aliphatic carboxylic acids is 1. The second-order valence-electron chi connectivity index (χ2n) is 6.41. The number of nitrogens with one attached hydrogen (secondary N) is 1. The first kappa shape index (κ1) is 17.7. The van der Waals surface area contributed by atoms with Crippen LogP contribution >= 0.6 is 0 Å². The van der Waals surface area contributed by atoms with Gasteiger partial charge in [-0.2, -0.15) is 0 Å². The van der Waals surface area contributed by atoms with Gasteiger partial charge in [-0.25, -0.2) is 0 Å². The zero-order valence-electron chi connectivity index (χ0n) is 14.4. The molecule has 1 saturated carbocycles. The molecule has 0 aromatic heterocycles. The van der Waals surface area contributed by atoms with E-state index in [0.717, 1.165) is 12.8 Å². The number of anilines is 2. The summed E-state index contributed by atoms with van der Waals surface area (Å²) in [6.07, 6.45) is 1.74. The third-order valence-corrected chi connectivity index (χ3v) is 4.33. The number of benzene rings is 2. The monoisotopic (exact) mass is 352 g/mol. The molecular formula is C20H20N2O4. The van der Waals surface area contributed by atoms with Crippen molar-refractivity contribution in [2.75, 3.05) is 17.3 Å². The first-order valence-corrected chi connectivity index (χ1v) is 8.44. The van der Waals surface area contributed by atoms with E-state index < -0.39 is 5.97 Å². The number of rotatable bonds is 6. The Kier molecular flexibility index (Phi) is 5.02. The number of carboxylic acid groups (broad SMARTS) is 1. The molecule has 1 fully saturated rings. The lowest BCUT2D eigenvalue weighted by molar-refractivity contribution is -0.136. The van der Waals surface area contributed by atoms with Crippen LogP contribution in [0.25, 0.3) is 0 Å². The van der Waals surface area contributed by atoms with E-state index in [9.17, 15) is 14.4 Å². The number of para-hydroxylation sites is 1. The van der Waals surface area contributed by atoms with Gasteiger partial charge in [-0.3, -0.25) is 14.4 Å². The van der Waals surface area contributed by atoms with Gasteiger partial charge >= 0.3 is 5.97 Å². The number of carboxylic acids is 1. The average molecular weight is 352 g/mol. The highest BCUT2D eigenvalue weighted by molar-refractivity contribution is 6.10. The van der Waals surface area contributed by atoms with E-state index in [1.165, 1.54) is 0 Å². The molecule has 0 heterocycles. The van der Waals surface area contributed by atoms with Gasteiger partial charge in [-0.1, -0.05) is 24.3 Å². The van der Waals surface area contributed by atoms with Gasteiger partial charge in [-0.15, -0.1) is 0 Å². The van der Waals surface area contributed by atoms with Crippen LogP contribution in [0.15, 0.2) is 48.5 Å². The van der Waals surface area contributed by atoms with Crippen molar-refractivity contribution in [1.82, 2.24) is 0 Å². The maximum atomic E-state index is 12.7. The summed E-state index contributed by atoms with van der Waals surface area (Å²) in [6, 6.07) is 13.6. The standard InChI is InChI=1S/C20H20N2O4/c1-22(20(26)14-8-9-14)17-5-3-2-4-16(17)19(25)21-15-10-6-13(7-11-15)12-18(23)24/h2-7,10-11,14H,8-9,12H2,1H3,(H,21,25)(H,23,24). The first-order chi connectivity index (χ1) is 12.5. The van der Waals surface area contributed by atoms with Crippen LogP contribution in [-0.4, -0.2) is 29.9 Å². The van der Waals surface area contributed by atoms with Crippen molar-refractivity contribution in [3.05, 3.63) is 59.7 Å². The van der Waals surface area contributed by atoms with E-state index in [1.54, 1.807) is 60.5 Å². The molecule has 0 radical (unpaired) electrons. The summed E-state index contributed by atoms with van der Waals surface area (Å²) in [6.45, 7) is 0. The average Bonchev–Trinajstić information content (AvgIpc) is 3.47. The van der Waals surface area contributed by atoms with Gasteiger partial charge in [0.2, 0.25) is 5.91 Å². The highest BCUT2D eigenvalue weighted by atomic mass is 16.4. The molecule has 2 aromatic carbocycles. The Morgan fingerprint density at radius 3 is 2.35 bits per heavy atom. The zero-order chi connectivity index (χ0) is 18.7. The lowest BCUT2D eigenvalue weighted by atomic mass is 10.1. The minimum atomic E-state index is -0.904. The number of hydrogen-bond acceptors (Lipinski definition) is 3. The topological polar surface area (TPSA) is 86.7 Å². The highest BCUT2D eigenvalue weighted by Gasteiger charge is 2.33. The maximum Gasteiger partial charge on any atom is 0.307 e. The molecule has 3 rings (SSSR count). The molecule has 1 aliphatic carbocycles. The Hall–Kier alpha value is -3.15. The number of carbonyl (C=O) groups excluding carboxylic acids is 2. The molecular weight excluding hydrogens is 332 g/mol. The molecule has 0 unspecified atom stereocenters. The fourth-order valence-corrected chi connectivity index (χ4v) is 2.76. The van der Waals surface area contributed by atoms with Crippen LogP contribution < -0.4 is 10.2 Å². The van der Waals surface area contributed by atoms with Crippen molar-refractivity contribution >= 4 is 29.2 Å². The summed E-state index contributed by atoms with van der Waals surface area (Å²) in [5.41, 5.74) is 2.21. The third kappa shape index (κ3) is 4.08. The van der Waals surface area contributed by atoms with Crippen LogP contribution in [0.5, 0.6) is 0 Å². The number of nitrogens with zero attached hydrogens (tertiary/aromatic N) is 1. The summed E-state index contributed by atoms with van der Waals surface area (Å²) in [4.78, 5) is 37.2. The van der Waals surface area contributed by atoms with Gasteiger partial charge < -0.3 is 15.3 Å². The van der Waals surface area contributed by atoms with Crippen molar-refractivity contribution in [2.45, 2.75) is 19.3 Å². The second-order valence-corrected chi connectivity index (χ2v) is 6.41. The molecule has 0 atom stereocenters. The van der Waals surface area contributed by atoms with Crippen molar-refractivity contribution < 1.29 is 19.5 Å². The van der Waals surface area contributed by atoms with E-state index >= 15 is 0 Å². The van der Waals surface area contributed by atoms with Crippen LogP contribution in [-0.2, 0) is 16.0 Å². The second kappa shape index (κ2) is 7.39. The molecule has 2 aromatic rings. The normalized spacial score (nSPS) is 13.1. The largest absolute Gasteiger partial charge is 0.481 e. The number of carbonyl (C=O) groups is 3. The van der Waals surface area contributed by atoms with Gasteiger partial charge in [0.05, 0.1) is 17.7 Å². The lowest BCUT2D eigenvalue weighted by Crippen LogP contribution is -2.29. The first-order valence-electron chi connectivity index (χ1n) is 8.44. The fourth-order valence-electron chi connectivity index (χ4n) is 2.76. The SMILES string of the molecule is CN(C(=O)C1CC1)c1ccccc1C(=O)Nc1ccc(CC(=O)O)cc1. The maximum absolute atomic E-state index is 12.7. The van der Waals surface area contributed by atoms with Gasteiger partial charge in [0.15, 0.2) is 0 Å². The minimum Gasteiger partial charge on any atom is -0.481 e. The van der Waals surface area contributed by atoms with E-state index in [4.69, 9.17) is 5.11 Å². The zero-order valence-corrected chi connectivity index (χ0v) is 14.4. The summed E-state index contributed by atoms with van der Waals surface area (Å²) >= 11 is 0. The number of amides is 2. The van der Waals surface area contributed by atoms with Gasteiger partial charge in [-0.05, 0) is 42.7 Å². The van der Waals surface area contributed by atoms with Gasteiger partial charge in [0, 0.05) is 18.7 Å². The van der Waals surface area contributed by atoms with E-state index in [2.05, 4.69) is 5.32 Å². The molecule has 134 valence electrons. The van der Waals surface area contributed by atoms with Crippen LogP contribution in [0, 0.1) is 5.92 Å². The van der Waals surface area contributed by atoms with Crippen molar-refractivity contribution in [1.29, 1.82) is 0 Å². The predicted molar refractivity (Wildman–Crippen MR) is 98.3 cm³/mol. The molecule has 26 heavy (non-hydrogen) atoms. The Morgan fingerprint density at radius 1 is 1.08 bits per heavy atom. The molecule has 0 aliphatic heterocycles. The van der Waals surface area contributed by atoms with Crippen LogP contribution in [0.4, 0.5) is 11.4 Å². The summed E-state index contributed by atoms with van der Waals surface area (Å²) < 4.78 is 0. The molecule has 6 heteroatoms. The smallest absolute Gasteiger partial charge is 0.307 e. The molecule has 1 aliphatic rings. The minimum absolute atomic E-state index is 0.0308. The van der Waals surface area contributed by atoms with E-state index in [0.29, 0.717) is 22.5 Å². The highest BCUT2D eigenvalue weighted by Crippen LogP contribution is 2.33. The molecule has 2 amide bonds. The predicted octanol–water partition coefficient (Wildman–Crippen LogP) is 2.94. The molecule has 2 N–H and O–H groups in total. The summed E-state index contributed by atoms with van der Waals surface area (Å²) in [5.74, 6) is -1.12. The molecule has 0 spiro atoms. The summed E-state index contributed by atoms with van der Waals surface area (Å²) in [7, 11) is 1.69. The molecule has 0 bridgehead atoms. The van der Waals surface area contributed by atoms with Crippen LogP contribution in [0.2, 0.25) is 0 Å². The third-order valence-electron chi connectivity index (χ3n) is 4.33. The fraction of sp³-hybridized carbons (Fsp3) is 0.250. The lowest BCUT2D eigenvalue weighted by Gasteiger charge is -2.20. The Balaban J connectivity index is 1.75. The Morgan fingerprint density at radius 2 is 1.73 bits per heavy atom. The van der Waals surface area contributed by atoms with Gasteiger partial charge in [0.25, 0.3) is 5.91 Å². The summed E-state index contributed by atoms with van der Waals surface area (Å²) in [5, 5.41) is 11.6. The van der Waals surface area contributed by atoms with E-state index in [-0.39, 0.29) is 24.2 Å². The number of hydrogen-bond donors (Lipinski definition) is 2. The quantitative estimate of drug-likeness (QED) is 0.837. The van der Waals surface area contributed by atoms with Crippen molar-refractivity contribution in [3.8, 4) is 0 Å². The van der Waals surface area contributed by atoms with Crippen molar-refractivity contribution in [3.63, 3.8) is 0 Å². The van der Waals surface area contributed by atoms with E-state index in [1.807, 2.05) is 0 Å². The Bertz CT molecular complexity index is 841. The van der Waals surface area contributed by atoms with Crippen LogP contribution in [0.1, 0.15) is 28.8 Å². The molecule has 0 saturated heterocycles. The Labute approximate surface area is 151 Å². The molecule has 6 nitrogen and oxygen atoms in total. The van der Waals surface area contributed by atoms with Gasteiger partial charge in [0.1, 0.15) is 0 Å². The van der Waals surface area contributed by atoms with Crippen LogP contribution in [0.3, 0.4) is 0 Å².